The van der Waals surface area contributed by atoms with Crippen LogP contribution in [0, 0.1) is 0 Å². The summed E-state index contributed by atoms with van der Waals surface area (Å²) in [5.41, 5.74) is -0.574. The van der Waals surface area contributed by atoms with Gasteiger partial charge < -0.3 is 23.8 Å². The summed E-state index contributed by atoms with van der Waals surface area (Å²) in [5.74, 6) is 1.40. The van der Waals surface area contributed by atoms with Gasteiger partial charge in [-0.25, -0.2) is 14.6 Å². The maximum absolute atomic E-state index is 12.4. The number of fused-ring (bicyclic) bond motifs is 1. The molecule has 0 atom stereocenters. The Morgan fingerprint density at radius 1 is 0.976 bits per heavy atom. The van der Waals surface area contributed by atoms with Gasteiger partial charge in [0.1, 0.15) is 23.1 Å². The van der Waals surface area contributed by atoms with Crippen molar-refractivity contribution in [3.8, 4) is 5.88 Å². The van der Waals surface area contributed by atoms with Gasteiger partial charge in [-0.1, -0.05) is 0 Å². The number of carbonyl (C=O) groups is 2. The third-order valence-corrected chi connectivity index (χ3v) is 6.36. The number of nitrogens with one attached hydrogen (secondary N) is 2. The van der Waals surface area contributed by atoms with Gasteiger partial charge in [0.2, 0.25) is 11.8 Å². The van der Waals surface area contributed by atoms with E-state index >= 15 is 0 Å². The van der Waals surface area contributed by atoms with Crippen molar-refractivity contribution in [2.75, 3.05) is 31.2 Å². The predicted octanol–water partition coefficient (Wildman–Crippen LogP) is 4.56. The number of anilines is 1. The molecule has 0 unspecified atom stereocenters. The van der Waals surface area contributed by atoms with Crippen molar-refractivity contribution < 1.29 is 28.5 Å². The summed E-state index contributed by atoms with van der Waals surface area (Å²) in [6.45, 7) is 13.4. The lowest BCUT2D eigenvalue weighted by molar-refractivity contribution is 0.0544. The normalized spacial score (nSPS) is 19.7. The van der Waals surface area contributed by atoms with E-state index in [9.17, 15) is 9.59 Å². The third kappa shape index (κ3) is 9.44. The van der Waals surface area contributed by atoms with Gasteiger partial charge in [-0.3, -0.25) is 15.6 Å². The second kappa shape index (κ2) is 12.9. The molecule has 0 radical (unpaired) electrons. The Kier molecular flexibility index (Phi) is 9.52. The number of nitrogens with zero attached hydrogens (tertiary/aromatic N) is 4. The van der Waals surface area contributed by atoms with Crippen LogP contribution in [0.2, 0.25) is 0 Å². The van der Waals surface area contributed by atoms with Crippen LogP contribution in [0.5, 0.6) is 5.88 Å². The number of hydrogen-bond donors (Lipinski definition) is 2. The van der Waals surface area contributed by atoms with E-state index in [1.807, 2.05) is 18.2 Å². The lowest BCUT2D eigenvalue weighted by Crippen LogP contribution is -2.48. The minimum atomic E-state index is -0.712. The van der Waals surface area contributed by atoms with Crippen LogP contribution in [0.3, 0.4) is 0 Å². The first-order chi connectivity index (χ1) is 19.3. The van der Waals surface area contributed by atoms with Gasteiger partial charge >= 0.3 is 12.2 Å². The molecule has 0 spiro atoms. The Morgan fingerprint density at radius 3 is 2.17 bits per heavy atom. The Labute approximate surface area is 241 Å². The molecule has 0 bridgehead atoms. The molecule has 2 N–H and O–H groups in total. The molecule has 4 rings (SSSR count). The second-order valence-electron chi connectivity index (χ2n) is 12.2. The van der Waals surface area contributed by atoms with Crippen molar-refractivity contribution in [3.05, 3.63) is 24.4 Å². The first-order valence-electron chi connectivity index (χ1n) is 14.2. The average Bonchev–Trinajstić information content (AvgIpc) is 2.88. The van der Waals surface area contributed by atoms with Gasteiger partial charge in [-0.15, -0.1) is 0 Å². The molecule has 1 saturated heterocycles. The number of morpholine rings is 1. The lowest BCUT2D eigenvalue weighted by atomic mass is 9.93. The summed E-state index contributed by atoms with van der Waals surface area (Å²) >= 11 is 0. The summed E-state index contributed by atoms with van der Waals surface area (Å²) in [6.07, 6.45) is 3.13. The largest absolute Gasteiger partial charge is 0.474 e. The number of rotatable bonds is 4. The number of amides is 2. The molecule has 41 heavy (non-hydrogen) atoms. The number of aliphatic imine (C=N–C) groups is 1. The van der Waals surface area contributed by atoms with E-state index in [1.165, 1.54) is 0 Å². The Bertz CT molecular complexity index is 1210. The third-order valence-electron chi connectivity index (χ3n) is 6.36. The number of alkyl carbamates (subject to hydrolysis) is 2. The van der Waals surface area contributed by atoms with Crippen LogP contribution in [0.25, 0.3) is 10.9 Å². The highest BCUT2D eigenvalue weighted by Crippen LogP contribution is 2.31. The molecular formula is C29H42N6O6. The molecule has 0 aromatic carbocycles. The SMILES string of the molecule is CC(C)(C)OC(=O)NC(=NC1CCC(Oc2nc(N3CCOCC3)cc3ncccc23)CC1)NC(=O)OC(C)(C)C. The van der Waals surface area contributed by atoms with Gasteiger partial charge in [-0.05, 0) is 79.4 Å². The predicted molar refractivity (Wildman–Crippen MR) is 155 cm³/mol. The first kappa shape index (κ1) is 30.3. The molecule has 2 aromatic rings. The van der Waals surface area contributed by atoms with Crippen LogP contribution in [0.1, 0.15) is 67.2 Å². The van der Waals surface area contributed by atoms with E-state index in [4.69, 9.17) is 23.9 Å². The summed E-state index contributed by atoms with van der Waals surface area (Å²) in [7, 11) is 0. The number of aromatic nitrogens is 2. The van der Waals surface area contributed by atoms with Crippen molar-refractivity contribution >= 4 is 34.9 Å². The molecule has 12 nitrogen and oxygen atoms in total. The molecule has 2 fully saturated rings. The molecule has 1 aliphatic carbocycles. The van der Waals surface area contributed by atoms with Gasteiger partial charge in [0.05, 0.1) is 30.2 Å². The molecule has 2 amide bonds. The molecule has 3 heterocycles. The number of ether oxygens (including phenoxy) is 4. The van der Waals surface area contributed by atoms with Crippen molar-refractivity contribution in [1.29, 1.82) is 0 Å². The van der Waals surface area contributed by atoms with E-state index < -0.39 is 23.4 Å². The zero-order valence-electron chi connectivity index (χ0n) is 24.9. The Morgan fingerprint density at radius 2 is 1.59 bits per heavy atom. The standard InChI is InChI=1S/C29H42N6O6/c1-28(2,3)40-26(36)33-25(34-27(37)41-29(4,5)6)31-19-9-11-20(12-10-19)39-24-21-8-7-13-30-22(21)18-23(32-24)35-14-16-38-17-15-35/h7-8,13,18-20H,9-12,14-17H2,1-6H3,(H2,31,33,34,36,37). The minimum absolute atomic E-state index is 0.00480. The van der Waals surface area contributed by atoms with Gasteiger partial charge in [0.25, 0.3) is 0 Å². The smallest absolute Gasteiger partial charge is 0.414 e. The van der Waals surface area contributed by atoms with Crippen LogP contribution in [-0.4, -0.2) is 77.8 Å². The molecular weight excluding hydrogens is 528 g/mol. The molecule has 224 valence electrons. The highest BCUT2D eigenvalue weighted by molar-refractivity contribution is 6.01. The number of guanidine groups is 1. The van der Waals surface area contributed by atoms with Crippen molar-refractivity contribution in [3.63, 3.8) is 0 Å². The monoisotopic (exact) mass is 570 g/mol. The highest BCUT2D eigenvalue weighted by atomic mass is 16.6. The number of carbonyl (C=O) groups excluding carboxylic acids is 2. The van der Waals surface area contributed by atoms with Crippen LogP contribution >= 0.6 is 0 Å². The van der Waals surface area contributed by atoms with Gasteiger partial charge in [0.15, 0.2) is 0 Å². The van der Waals surface area contributed by atoms with Gasteiger partial charge in [0, 0.05) is 25.4 Å². The average molecular weight is 571 g/mol. The lowest BCUT2D eigenvalue weighted by Gasteiger charge is -2.30. The van der Waals surface area contributed by atoms with Crippen LogP contribution in [0.15, 0.2) is 29.4 Å². The fourth-order valence-electron chi connectivity index (χ4n) is 4.61. The maximum atomic E-state index is 12.4. The first-order valence-corrected chi connectivity index (χ1v) is 14.2. The van der Waals surface area contributed by atoms with Crippen LogP contribution < -0.4 is 20.3 Å². The summed E-state index contributed by atoms with van der Waals surface area (Å²) in [4.78, 5) is 41.1. The van der Waals surface area contributed by atoms with Gasteiger partial charge in [-0.2, -0.15) is 4.98 Å². The van der Waals surface area contributed by atoms with E-state index in [-0.39, 0.29) is 18.1 Å². The van der Waals surface area contributed by atoms with Crippen molar-refractivity contribution in [1.82, 2.24) is 20.6 Å². The van der Waals surface area contributed by atoms with E-state index in [0.717, 1.165) is 42.7 Å². The van der Waals surface area contributed by atoms with Crippen molar-refractivity contribution in [2.45, 2.75) is 90.6 Å². The number of hydrogen-bond acceptors (Lipinski definition) is 10. The topological polar surface area (TPSA) is 136 Å². The Balaban J connectivity index is 1.43. The molecule has 12 heteroatoms. The fourth-order valence-corrected chi connectivity index (χ4v) is 4.61. The molecule has 2 aliphatic rings. The second-order valence-corrected chi connectivity index (χ2v) is 12.2. The van der Waals surface area contributed by atoms with Crippen LogP contribution in [-0.2, 0) is 14.2 Å². The molecule has 1 saturated carbocycles. The van der Waals surface area contributed by atoms with Crippen molar-refractivity contribution in [2.24, 2.45) is 4.99 Å². The summed E-state index contributed by atoms with van der Waals surface area (Å²) < 4.78 is 22.6. The highest BCUT2D eigenvalue weighted by Gasteiger charge is 2.27. The number of pyridine rings is 2. The Hall–Kier alpha value is -3.67. The van der Waals surface area contributed by atoms with E-state index in [2.05, 4.69) is 25.5 Å². The zero-order valence-corrected chi connectivity index (χ0v) is 24.9. The fraction of sp³-hybridized carbons (Fsp3) is 0.621. The maximum Gasteiger partial charge on any atom is 0.414 e. The summed E-state index contributed by atoms with van der Waals surface area (Å²) in [5, 5.41) is 5.99. The minimum Gasteiger partial charge on any atom is -0.474 e. The summed E-state index contributed by atoms with van der Waals surface area (Å²) in [6, 6.07) is 5.71. The van der Waals surface area contributed by atoms with E-state index in [0.29, 0.717) is 31.9 Å². The molecule has 1 aliphatic heterocycles. The van der Waals surface area contributed by atoms with E-state index in [1.54, 1.807) is 47.7 Å². The zero-order chi connectivity index (χ0) is 29.6. The molecule has 2 aromatic heterocycles. The van der Waals surface area contributed by atoms with Crippen LogP contribution in [0.4, 0.5) is 15.4 Å². The quantitative estimate of drug-likeness (QED) is 0.400.